The molecule has 0 aliphatic carbocycles. The lowest BCUT2D eigenvalue weighted by molar-refractivity contribution is -0.128. The molecule has 0 saturated carbocycles. The zero-order valence-electron chi connectivity index (χ0n) is 11.1. The predicted molar refractivity (Wildman–Crippen MR) is 77.9 cm³/mol. The Morgan fingerprint density at radius 1 is 1.33 bits per heavy atom. The second-order valence-corrected chi connectivity index (χ2v) is 5.76. The summed E-state index contributed by atoms with van der Waals surface area (Å²) >= 11 is 1.54. The van der Waals surface area contributed by atoms with E-state index in [4.69, 9.17) is 9.52 Å². The molecule has 1 aromatic carbocycles. The van der Waals surface area contributed by atoms with Crippen LogP contribution in [0.5, 0.6) is 0 Å². The third-order valence-electron chi connectivity index (χ3n) is 3.32. The molecule has 2 aromatic rings. The highest BCUT2D eigenvalue weighted by Gasteiger charge is 2.33. The lowest BCUT2D eigenvalue weighted by atomic mass is 10.1. The fourth-order valence-electron chi connectivity index (χ4n) is 2.26. The van der Waals surface area contributed by atoms with Gasteiger partial charge in [0, 0.05) is 0 Å². The number of aromatic carboxylic acids is 1. The van der Waals surface area contributed by atoms with Crippen LogP contribution >= 0.6 is 11.8 Å². The molecule has 3 rings (SSSR count). The van der Waals surface area contributed by atoms with Crippen LogP contribution in [-0.4, -0.2) is 27.6 Å². The number of hydrogen-bond donors (Lipinski definition) is 1. The van der Waals surface area contributed by atoms with Crippen molar-refractivity contribution in [2.75, 3.05) is 5.75 Å². The largest absolute Gasteiger partial charge is 0.478 e. The van der Waals surface area contributed by atoms with E-state index in [-0.39, 0.29) is 16.8 Å². The smallest absolute Gasteiger partial charge is 0.335 e. The van der Waals surface area contributed by atoms with Gasteiger partial charge < -0.3 is 14.4 Å². The number of furan rings is 1. The van der Waals surface area contributed by atoms with Crippen molar-refractivity contribution in [3.63, 3.8) is 0 Å². The molecule has 21 heavy (non-hydrogen) atoms. The number of carboxylic acid groups (broad SMARTS) is 1. The molecule has 1 saturated heterocycles. The highest BCUT2D eigenvalue weighted by Crippen LogP contribution is 2.39. The van der Waals surface area contributed by atoms with Crippen molar-refractivity contribution < 1.29 is 19.1 Å². The highest BCUT2D eigenvalue weighted by molar-refractivity contribution is 8.00. The van der Waals surface area contributed by atoms with E-state index in [0.717, 1.165) is 11.3 Å². The van der Waals surface area contributed by atoms with Gasteiger partial charge in [-0.25, -0.2) is 4.79 Å². The van der Waals surface area contributed by atoms with Gasteiger partial charge in [0.15, 0.2) is 0 Å². The van der Waals surface area contributed by atoms with Gasteiger partial charge in [0.05, 0.1) is 24.1 Å². The molecule has 108 valence electrons. The van der Waals surface area contributed by atoms with E-state index in [2.05, 4.69) is 0 Å². The number of hydrogen-bond acceptors (Lipinski definition) is 4. The van der Waals surface area contributed by atoms with Crippen LogP contribution in [0.25, 0.3) is 0 Å². The van der Waals surface area contributed by atoms with Crippen LogP contribution in [0, 0.1) is 0 Å². The Morgan fingerprint density at radius 2 is 2.10 bits per heavy atom. The average molecular weight is 303 g/mol. The van der Waals surface area contributed by atoms with Crippen LogP contribution in [0.1, 0.15) is 27.1 Å². The van der Waals surface area contributed by atoms with E-state index < -0.39 is 5.97 Å². The molecule has 1 fully saturated rings. The SMILES string of the molecule is O=C(O)c1ccc([C@H]2SCC(=O)N2Cc2ccco2)cc1. The molecule has 2 heterocycles. The van der Waals surface area contributed by atoms with E-state index in [1.54, 1.807) is 41.5 Å². The number of carbonyl (C=O) groups is 2. The van der Waals surface area contributed by atoms with Crippen LogP contribution in [0.15, 0.2) is 47.1 Å². The predicted octanol–water partition coefficient (Wildman–Crippen LogP) is 2.75. The van der Waals surface area contributed by atoms with Crippen LogP contribution < -0.4 is 0 Å². The summed E-state index contributed by atoms with van der Waals surface area (Å²) in [5.41, 5.74) is 1.16. The number of benzene rings is 1. The summed E-state index contributed by atoms with van der Waals surface area (Å²) in [5, 5.41) is 8.82. The maximum atomic E-state index is 12.0. The zero-order valence-corrected chi connectivity index (χ0v) is 11.9. The summed E-state index contributed by atoms with van der Waals surface area (Å²) in [6, 6.07) is 10.3. The molecule has 6 heteroatoms. The van der Waals surface area contributed by atoms with Gasteiger partial charge in [0.1, 0.15) is 11.1 Å². The van der Waals surface area contributed by atoms with E-state index in [1.165, 1.54) is 11.8 Å². The topological polar surface area (TPSA) is 70.8 Å². The molecule has 5 nitrogen and oxygen atoms in total. The number of rotatable bonds is 4. The second-order valence-electron chi connectivity index (χ2n) is 4.69. The lowest BCUT2D eigenvalue weighted by Gasteiger charge is -2.23. The van der Waals surface area contributed by atoms with Crippen molar-refractivity contribution in [3.8, 4) is 0 Å². The molecule has 1 N–H and O–H groups in total. The van der Waals surface area contributed by atoms with Gasteiger partial charge in [-0.2, -0.15) is 0 Å². The normalized spacial score (nSPS) is 18.2. The highest BCUT2D eigenvalue weighted by atomic mass is 32.2. The Kier molecular flexibility index (Phi) is 3.70. The first-order valence-electron chi connectivity index (χ1n) is 6.42. The van der Waals surface area contributed by atoms with Crippen molar-refractivity contribution in [2.45, 2.75) is 11.9 Å². The third-order valence-corrected chi connectivity index (χ3v) is 4.57. The Morgan fingerprint density at radius 3 is 2.71 bits per heavy atom. The van der Waals surface area contributed by atoms with Gasteiger partial charge in [0.2, 0.25) is 5.91 Å². The minimum Gasteiger partial charge on any atom is -0.478 e. The molecule has 1 aliphatic rings. The van der Waals surface area contributed by atoms with Gasteiger partial charge in [-0.15, -0.1) is 11.8 Å². The Balaban J connectivity index is 1.82. The van der Waals surface area contributed by atoms with Gasteiger partial charge in [0.25, 0.3) is 0 Å². The monoisotopic (exact) mass is 303 g/mol. The van der Waals surface area contributed by atoms with Gasteiger partial charge in [-0.3, -0.25) is 4.79 Å². The molecular weight excluding hydrogens is 290 g/mol. The number of carbonyl (C=O) groups excluding carboxylic acids is 1. The van der Waals surface area contributed by atoms with Crippen LogP contribution in [0.4, 0.5) is 0 Å². The van der Waals surface area contributed by atoms with Gasteiger partial charge >= 0.3 is 5.97 Å². The lowest BCUT2D eigenvalue weighted by Crippen LogP contribution is -2.27. The Hall–Kier alpha value is -2.21. The molecule has 1 aliphatic heterocycles. The van der Waals surface area contributed by atoms with Crippen LogP contribution in [0.3, 0.4) is 0 Å². The van der Waals surface area contributed by atoms with Crippen molar-refractivity contribution >= 4 is 23.6 Å². The summed E-state index contributed by atoms with van der Waals surface area (Å²) in [6.07, 6.45) is 1.58. The van der Waals surface area contributed by atoms with Crippen molar-refractivity contribution in [1.29, 1.82) is 0 Å². The van der Waals surface area contributed by atoms with Crippen molar-refractivity contribution in [1.82, 2.24) is 4.90 Å². The quantitative estimate of drug-likeness (QED) is 0.940. The molecular formula is C15H13NO4S. The molecule has 0 bridgehead atoms. The third kappa shape index (κ3) is 2.80. The van der Waals surface area contributed by atoms with Crippen LogP contribution in [0.2, 0.25) is 0 Å². The summed E-state index contributed by atoms with van der Waals surface area (Å²) in [7, 11) is 0. The Bertz CT molecular complexity index is 651. The summed E-state index contributed by atoms with van der Waals surface area (Å²) in [5.74, 6) is 0.261. The number of amides is 1. The molecule has 0 unspecified atom stereocenters. The van der Waals surface area contributed by atoms with E-state index in [9.17, 15) is 9.59 Å². The fraction of sp³-hybridized carbons (Fsp3) is 0.200. The fourth-order valence-corrected chi connectivity index (χ4v) is 3.45. The first-order chi connectivity index (χ1) is 10.1. The molecule has 0 radical (unpaired) electrons. The van der Waals surface area contributed by atoms with Gasteiger partial charge in [-0.1, -0.05) is 12.1 Å². The van der Waals surface area contributed by atoms with E-state index in [1.807, 2.05) is 6.07 Å². The number of carboxylic acids is 1. The minimum absolute atomic E-state index is 0.0590. The maximum Gasteiger partial charge on any atom is 0.335 e. The number of nitrogens with zero attached hydrogens (tertiary/aromatic N) is 1. The van der Waals surface area contributed by atoms with E-state index >= 15 is 0 Å². The number of thioether (sulfide) groups is 1. The average Bonchev–Trinajstić information content (AvgIpc) is 3.11. The van der Waals surface area contributed by atoms with E-state index in [0.29, 0.717) is 12.3 Å². The first-order valence-corrected chi connectivity index (χ1v) is 7.47. The first kappa shape index (κ1) is 13.8. The second kappa shape index (κ2) is 5.65. The molecule has 1 amide bonds. The van der Waals surface area contributed by atoms with Gasteiger partial charge in [-0.05, 0) is 29.8 Å². The zero-order chi connectivity index (χ0) is 14.8. The summed E-state index contributed by atoms with van der Waals surface area (Å²) in [6.45, 7) is 0.421. The van der Waals surface area contributed by atoms with Crippen LogP contribution in [-0.2, 0) is 11.3 Å². The molecule has 1 aromatic heterocycles. The maximum absolute atomic E-state index is 12.0. The Labute approximate surface area is 125 Å². The summed E-state index contributed by atoms with van der Waals surface area (Å²) in [4.78, 5) is 24.7. The van der Waals surface area contributed by atoms with Crippen molar-refractivity contribution in [3.05, 3.63) is 59.5 Å². The van der Waals surface area contributed by atoms with Crippen molar-refractivity contribution in [2.24, 2.45) is 0 Å². The summed E-state index contributed by atoms with van der Waals surface area (Å²) < 4.78 is 5.30. The minimum atomic E-state index is -0.954. The standard InChI is InChI=1S/C15H13NO4S/c17-13-9-21-14(16(13)8-12-2-1-7-20-12)10-3-5-11(6-4-10)15(18)19/h1-7,14H,8-9H2,(H,18,19)/t14-/m1/s1. The molecule has 0 spiro atoms. The molecule has 1 atom stereocenters.